The van der Waals surface area contributed by atoms with Gasteiger partial charge in [-0.3, -0.25) is 4.79 Å². The number of aromatic nitrogens is 2. The molecule has 1 saturated heterocycles. The Morgan fingerprint density at radius 1 is 1.33 bits per heavy atom. The molecule has 5 heteroatoms. The van der Waals surface area contributed by atoms with Crippen LogP contribution in [0, 0.1) is 0 Å². The van der Waals surface area contributed by atoms with E-state index in [1.165, 1.54) is 0 Å². The normalized spacial score (nSPS) is 28.4. The molecule has 0 radical (unpaired) electrons. The van der Waals surface area contributed by atoms with Crippen LogP contribution in [-0.4, -0.2) is 35.3 Å². The van der Waals surface area contributed by atoms with Gasteiger partial charge in [0.25, 0.3) is 5.56 Å². The fraction of sp³-hybridized carbons (Fsp3) is 0.692. The summed E-state index contributed by atoms with van der Waals surface area (Å²) in [7, 11) is 0. The second kappa shape index (κ2) is 4.39. The van der Waals surface area contributed by atoms with Crippen molar-refractivity contribution in [3.63, 3.8) is 0 Å². The third kappa shape index (κ3) is 2.41. The average Bonchev–Trinajstić information content (AvgIpc) is 3.10. The van der Waals surface area contributed by atoms with E-state index in [-0.39, 0.29) is 17.8 Å². The molecule has 2 aliphatic rings. The molecule has 1 aliphatic carbocycles. The maximum Gasteiger partial charge on any atom is 0.252 e. The fourth-order valence-electron chi connectivity index (χ4n) is 2.54. The Kier molecular flexibility index (Phi) is 2.86. The smallest absolute Gasteiger partial charge is 0.252 e. The molecule has 18 heavy (non-hydrogen) atoms. The van der Waals surface area contributed by atoms with E-state index in [4.69, 9.17) is 4.74 Å². The van der Waals surface area contributed by atoms with Gasteiger partial charge in [-0.05, 0) is 26.7 Å². The zero-order valence-electron chi connectivity index (χ0n) is 10.8. The lowest BCUT2D eigenvalue weighted by molar-refractivity contribution is -0.00548. The molecule has 0 amide bonds. The molecular formula is C13H19N3O2. The Morgan fingerprint density at radius 3 is 2.61 bits per heavy atom. The number of aromatic amines is 1. The predicted molar refractivity (Wildman–Crippen MR) is 69.1 cm³/mol. The standard InChI is InChI=1S/C13H19N3O2/c1-8-6-16(7-9(2)18-8)11-5-12(17)15-13(14-11)10-3-4-10/h5,8-10H,3-4,6-7H2,1-2H3,(H,14,15,17)/t8-,9+. The van der Waals surface area contributed by atoms with E-state index in [0.29, 0.717) is 5.92 Å². The molecule has 1 aromatic rings. The van der Waals surface area contributed by atoms with Crippen molar-refractivity contribution in [1.29, 1.82) is 0 Å². The van der Waals surface area contributed by atoms with Crippen LogP contribution >= 0.6 is 0 Å². The molecule has 5 nitrogen and oxygen atoms in total. The number of nitrogens with zero attached hydrogens (tertiary/aromatic N) is 2. The number of hydrogen-bond acceptors (Lipinski definition) is 4. The summed E-state index contributed by atoms with van der Waals surface area (Å²) in [5.74, 6) is 2.11. The van der Waals surface area contributed by atoms with Crippen LogP contribution in [-0.2, 0) is 4.74 Å². The molecule has 3 rings (SSSR count). The Bertz CT molecular complexity index is 485. The van der Waals surface area contributed by atoms with Crippen molar-refractivity contribution >= 4 is 5.82 Å². The third-order valence-corrected chi connectivity index (χ3v) is 3.45. The van der Waals surface area contributed by atoms with Crippen molar-refractivity contribution in [3.05, 3.63) is 22.2 Å². The Hall–Kier alpha value is -1.36. The lowest BCUT2D eigenvalue weighted by Crippen LogP contribution is -2.46. The molecule has 0 spiro atoms. The van der Waals surface area contributed by atoms with Gasteiger partial charge in [-0.25, -0.2) is 4.98 Å². The van der Waals surface area contributed by atoms with Gasteiger partial charge in [-0.1, -0.05) is 0 Å². The third-order valence-electron chi connectivity index (χ3n) is 3.45. The van der Waals surface area contributed by atoms with Crippen LogP contribution in [0.4, 0.5) is 5.82 Å². The minimum absolute atomic E-state index is 0.0475. The summed E-state index contributed by atoms with van der Waals surface area (Å²) in [4.78, 5) is 21.3. The fourth-order valence-corrected chi connectivity index (χ4v) is 2.54. The highest BCUT2D eigenvalue weighted by atomic mass is 16.5. The van der Waals surface area contributed by atoms with Crippen LogP contribution in [0.15, 0.2) is 10.9 Å². The van der Waals surface area contributed by atoms with Gasteiger partial charge >= 0.3 is 0 Å². The summed E-state index contributed by atoms with van der Waals surface area (Å²) in [5, 5.41) is 0. The molecule has 0 bridgehead atoms. The Labute approximate surface area is 106 Å². The first-order valence-electron chi connectivity index (χ1n) is 6.63. The molecule has 1 saturated carbocycles. The van der Waals surface area contributed by atoms with Gasteiger partial charge in [0.05, 0.1) is 12.2 Å². The summed E-state index contributed by atoms with van der Waals surface area (Å²) >= 11 is 0. The molecular weight excluding hydrogens is 230 g/mol. The molecule has 0 unspecified atom stereocenters. The van der Waals surface area contributed by atoms with Crippen LogP contribution < -0.4 is 10.5 Å². The number of H-pyrrole nitrogens is 1. The highest BCUT2D eigenvalue weighted by molar-refractivity contribution is 5.39. The SMILES string of the molecule is C[C@@H]1CN(c2cc(=O)[nH]c(C3CC3)n2)C[C@H](C)O1. The molecule has 2 fully saturated rings. The molecule has 1 aliphatic heterocycles. The van der Waals surface area contributed by atoms with Crippen molar-refractivity contribution in [2.24, 2.45) is 0 Å². The van der Waals surface area contributed by atoms with Crippen LogP contribution in [0.25, 0.3) is 0 Å². The summed E-state index contributed by atoms with van der Waals surface area (Å²) in [6.07, 6.45) is 2.64. The van der Waals surface area contributed by atoms with Gasteiger partial charge < -0.3 is 14.6 Å². The van der Waals surface area contributed by atoms with Crippen LogP contribution in [0.2, 0.25) is 0 Å². The zero-order valence-corrected chi connectivity index (χ0v) is 10.8. The van der Waals surface area contributed by atoms with Crippen molar-refractivity contribution in [3.8, 4) is 0 Å². The number of rotatable bonds is 2. The van der Waals surface area contributed by atoms with E-state index in [0.717, 1.165) is 37.6 Å². The molecule has 1 N–H and O–H groups in total. The van der Waals surface area contributed by atoms with Crippen LogP contribution in [0.1, 0.15) is 38.4 Å². The Morgan fingerprint density at radius 2 is 2.00 bits per heavy atom. The maximum atomic E-state index is 11.7. The largest absolute Gasteiger partial charge is 0.372 e. The van der Waals surface area contributed by atoms with E-state index in [1.807, 2.05) is 0 Å². The van der Waals surface area contributed by atoms with E-state index in [1.54, 1.807) is 6.07 Å². The predicted octanol–water partition coefficient (Wildman–Crippen LogP) is 1.26. The van der Waals surface area contributed by atoms with Crippen LogP contribution in [0.5, 0.6) is 0 Å². The van der Waals surface area contributed by atoms with Crippen molar-refractivity contribution in [2.45, 2.75) is 44.8 Å². The minimum Gasteiger partial charge on any atom is -0.372 e. The number of ether oxygens (including phenoxy) is 1. The first kappa shape index (κ1) is 11.7. The first-order chi connectivity index (χ1) is 8.61. The number of morpholine rings is 1. The van der Waals surface area contributed by atoms with E-state index in [2.05, 4.69) is 28.7 Å². The zero-order chi connectivity index (χ0) is 12.7. The summed E-state index contributed by atoms with van der Waals surface area (Å²) in [6, 6.07) is 1.59. The lowest BCUT2D eigenvalue weighted by atomic mass is 10.2. The summed E-state index contributed by atoms with van der Waals surface area (Å²) < 4.78 is 5.70. The van der Waals surface area contributed by atoms with Crippen LogP contribution in [0.3, 0.4) is 0 Å². The lowest BCUT2D eigenvalue weighted by Gasteiger charge is -2.36. The van der Waals surface area contributed by atoms with Gasteiger partial charge in [0.15, 0.2) is 0 Å². The average molecular weight is 249 g/mol. The first-order valence-corrected chi connectivity index (χ1v) is 6.63. The monoisotopic (exact) mass is 249 g/mol. The quantitative estimate of drug-likeness (QED) is 0.857. The van der Waals surface area contributed by atoms with Gasteiger partial charge in [0.1, 0.15) is 11.6 Å². The van der Waals surface area contributed by atoms with Gasteiger partial charge in [0, 0.05) is 25.1 Å². The highest BCUT2D eigenvalue weighted by Crippen LogP contribution is 2.38. The van der Waals surface area contributed by atoms with E-state index < -0.39 is 0 Å². The van der Waals surface area contributed by atoms with Gasteiger partial charge in [-0.15, -0.1) is 0 Å². The topological polar surface area (TPSA) is 58.2 Å². The van der Waals surface area contributed by atoms with Crippen molar-refractivity contribution in [1.82, 2.24) is 9.97 Å². The number of nitrogens with one attached hydrogen (secondary N) is 1. The van der Waals surface area contributed by atoms with Crippen molar-refractivity contribution < 1.29 is 4.74 Å². The summed E-state index contributed by atoms with van der Waals surface area (Å²) in [6.45, 7) is 5.70. The van der Waals surface area contributed by atoms with E-state index >= 15 is 0 Å². The second-order valence-corrected chi connectivity index (χ2v) is 5.43. The maximum absolute atomic E-state index is 11.7. The number of anilines is 1. The molecule has 98 valence electrons. The van der Waals surface area contributed by atoms with Gasteiger partial charge in [0.2, 0.25) is 0 Å². The molecule has 0 aromatic carbocycles. The number of hydrogen-bond donors (Lipinski definition) is 1. The molecule has 2 heterocycles. The molecule has 2 atom stereocenters. The van der Waals surface area contributed by atoms with Gasteiger partial charge in [-0.2, -0.15) is 0 Å². The Balaban J connectivity index is 1.88. The minimum atomic E-state index is -0.0475. The molecule has 1 aromatic heterocycles. The van der Waals surface area contributed by atoms with Crippen molar-refractivity contribution in [2.75, 3.05) is 18.0 Å². The van der Waals surface area contributed by atoms with E-state index in [9.17, 15) is 4.79 Å². The summed E-state index contributed by atoms with van der Waals surface area (Å²) in [5.41, 5.74) is -0.0475. The highest BCUT2D eigenvalue weighted by Gasteiger charge is 2.28. The second-order valence-electron chi connectivity index (χ2n) is 5.43.